The fourth-order valence-electron chi connectivity index (χ4n) is 3.23. The molecule has 0 aliphatic carbocycles. The molecule has 0 spiro atoms. The molecule has 0 aliphatic rings. The van der Waals surface area contributed by atoms with Gasteiger partial charge in [-0.1, -0.05) is 6.07 Å². The van der Waals surface area contributed by atoms with Gasteiger partial charge in [-0.2, -0.15) is 0 Å². The molecule has 0 amide bonds. The van der Waals surface area contributed by atoms with Gasteiger partial charge >= 0.3 is 0 Å². The number of aliphatic hydroxyl groups excluding tert-OH is 2. The van der Waals surface area contributed by atoms with Crippen molar-refractivity contribution in [1.29, 1.82) is 0 Å². The normalized spacial score (nSPS) is 11.0. The third-order valence-electron chi connectivity index (χ3n) is 4.66. The molecule has 148 valence electrons. The van der Waals surface area contributed by atoms with E-state index in [0.29, 0.717) is 12.1 Å². The van der Waals surface area contributed by atoms with Crippen molar-refractivity contribution in [3.05, 3.63) is 74.5 Å². The van der Waals surface area contributed by atoms with Gasteiger partial charge < -0.3 is 19.5 Å². The Morgan fingerprint density at radius 1 is 1.18 bits per heavy atom. The van der Waals surface area contributed by atoms with Crippen LogP contribution in [-0.4, -0.2) is 27.2 Å². The van der Waals surface area contributed by atoms with Gasteiger partial charge in [-0.05, 0) is 43.5 Å². The number of aromatic nitrogens is 1. The molecule has 2 heterocycles. The maximum atomic E-state index is 13.6. The van der Waals surface area contributed by atoms with Crippen LogP contribution in [0.1, 0.15) is 37.7 Å². The van der Waals surface area contributed by atoms with E-state index in [0.717, 1.165) is 23.5 Å². The molecule has 0 unspecified atom stereocenters. The van der Waals surface area contributed by atoms with E-state index in [1.165, 1.54) is 4.88 Å². The van der Waals surface area contributed by atoms with Crippen molar-refractivity contribution in [1.82, 2.24) is 4.57 Å². The van der Waals surface area contributed by atoms with Crippen LogP contribution in [0.4, 0.5) is 4.39 Å². The number of thiophene rings is 1. The van der Waals surface area contributed by atoms with Crippen molar-refractivity contribution in [3.8, 4) is 5.75 Å². The summed E-state index contributed by atoms with van der Waals surface area (Å²) in [7, 11) is 0. The van der Waals surface area contributed by atoms with Gasteiger partial charge in [-0.3, -0.25) is 4.79 Å². The lowest BCUT2D eigenvalue weighted by Crippen LogP contribution is -2.15. The number of benzene rings is 1. The van der Waals surface area contributed by atoms with E-state index in [1.54, 1.807) is 11.3 Å². The first kappa shape index (κ1) is 20.3. The van der Waals surface area contributed by atoms with Crippen molar-refractivity contribution in [3.63, 3.8) is 0 Å². The molecule has 7 heteroatoms. The van der Waals surface area contributed by atoms with Crippen molar-refractivity contribution >= 4 is 17.1 Å². The maximum absolute atomic E-state index is 13.6. The lowest BCUT2D eigenvalue weighted by molar-refractivity contribution is 0.0916. The predicted molar refractivity (Wildman–Crippen MR) is 105 cm³/mol. The lowest BCUT2D eigenvalue weighted by Gasteiger charge is -2.14. The SMILES string of the molecule is Cc1cc(C(=O)COc2c(CO)cc(F)cc2CO)c(C)n1Cc1cccs1. The van der Waals surface area contributed by atoms with Crippen LogP contribution in [0.3, 0.4) is 0 Å². The molecule has 0 saturated heterocycles. The number of aliphatic hydroxyl groups is 2. The van der Waals surface area contributed by atoms with Crippen molar-refractivity contribution in [2.75, 3.05) is 6.61 Å². The summed E-state index contributed by atoms with van der Waals surface area (Å²) < 4.78 is 21.2. The third-order valence-corrected chi connectivity index (χ3v) is 5.53. The standard InChI is InChI=1S/C21H22FNO4S/c1-13-6-19(14(2)23(13)9-18-4-3-5-28-18)20(26)12-27-21-15(10-24)7-17(22)8-16(21)11-25/h3-8,24-25H,9-12H2,1-2H3. The fraction of sp³-hybridized carbons (Fsp3) is 0.286. The smallest absolute Gasteiger partial charge is 0.202 e. The van der Waals surface area contributed by atoms with Crippen LogP contribution in [0.2, 0.25) is 0 Å². The summed E-state index contributed by atoms with van der Waals surface area (Å²) in [5, 5.41) is 20.9. The van der Waals surface area contributed by atoms with Gasteiger partial charge in [0, 0.05) is 33.0 Å². The average molecular weight is 403 g/mol. The zero-order valence-electron chi connectivity index (χ0n) is 15.7. The first-order valence-electron chi connectivity index (χ1n) is 8.82. The second-order valence-electron chi connectivity index (χ2n) is 6.53. The highest BCUT2D eigenvalue weighted by Crippen LogP contribution is 2.27. The van der Waals surface area contributed by atoms with Gasteiger partial charge in [0.2, 0.25) is 5.78 Å². The van der Waals surface area contributed by atoms with E-state index >= 15 is 0 Å². The Kier molecular flexibility index (Phi) is 6.28. The number of Topliss-reactive ketones (excluding diaryl/α,β-unsaturated/α-hetero) is 1. The summed E-state index contributed by atoms with van der Waals surface area (Å²) in [6, 6.07) is 8.14. The lowest BCUT2D eigenvalue weighted by atomic mass is 10.1. The predicted octanol–water partition coefficient (Wildman–Crippen LogP) is 3.60. The summed E-state index contributed by atoms with van der Waals surface area (Å²) in [5.41, 5.74) is 2.78. The second-order valence-corrected chi connectivity index (χ2v) is 7.56. The monoisotopic (exact) mass is 403 g/mol. The van der Waals surface area contributed by atoms with Gasteiger partial charge in [0.25, 0.3) is 0 Å². The molecule has 5 nitrogen and oxygen atoms in total. The number of hydrogen-bond acceptors (Lipinski definition) is 5. The first-order valence-corrected chi connectivity index (χ1v) is 9.70. The summed E-state index contributed by atoms with van der Waals surface area (Å²) in [4.78, 5) is 13.9. The number of carbonyl (C=O) groups is 1. The molecule has 0 bridgehead atoms. The highest BCUT2D eigenvalue weighted by molar-refractivity contribution is 7.09. The third kappa shape index (κ3) is 4.16. The molecule has 2 aromatic heterocycles. The van der Waals surface area contributed by atoms with Crippen LogP contribution < -0.4 is 4.74 Å². The van der Waals surface area contributed by atoms with Gasteiger partial charge in [-0.25, -0.2) is 4.39 Å². The molecule has 0 aliphatic heterocycles. The highest BCUT2D eigenvalue weighted by atomic mass is 32.1. The van der Waals surface area contributed by atoms with Crippen LogP contribution in [0.25, 0.3) is 0 Å². The molecule has 2 N–H and O–H groups in total. The Balaban J connectivity index is 1.79. The first-order chi connectivity index (χ1) is 13.4. The Bertz CT molecular complexity index is 954. The zero-order valence-corrected chi connectivity index (χ0v) is 16.6. The Morgan fingerprint density at radius 2 is 1.86 bits per heavy atom. The Morgan fingerprint density at radius 3 is 2.43 bits per heavy atom. The number of hydrogen-bond donors (Lipinski definition) is 2. The van der Waals surface area contributed by atoms with Gasteiger partial charge in [0.1, 0.15) is 11.6 Å². The number of ketones is 1. The molecule has 3 rings (SSSR count). The summed E-state index contributed by atoms with van der Waals surface area (Å²) in [6.07, 6.45) is 0. The van der Waals surface area contributed by atoms with Crippen molar-refractivity contribution < 1.29 is 24.1 Å². The minimum absolute atomic E-state index is 0.146. The largest absolute Gasteiger partial charge is 0.485 e. The molecular weight excluding hydrogens is 381 g/mol. The van der Waals surface area contributed by atoms with E-state index in [4.69, 9.17) is 4.74 Å². The fourth-order valence-corrected chi connectivity index (χ4v) is 3.93. The van der Waals surface area contributed by atoms with Crippen LogP contribution in [0.15, 0.2) is 35.7 Å². The number of halogens is 1. The minimum Gasteiger partial charge on any atom is -0.485 e. The average Bonchev–Trinajstić information content (AvgIpc) is 3.29. The van der Waals surface area contributed by atoms with Gasteiger partial charge in [-0.15, -0.1) is 11.3 Å². The molecule has 0 radical (unpaired) electrons. The Labute approximate surface area is 166 Å². The summed E-state index contributed by atoms with van der Waals surface area (Å²) in [5.74, 6) is -0.654. The van der Waals surface area contributed by atoms with E-state index in [1.807, 2.05) is 31.4 Å². The number of nitrogens with zero attached hydrogens (tertiary/aromatic N) is 1. The van der Waals surface area contributed by atoms with Crippen LogP contribution in [0, 0.1) is 19.7 Å². The molecule has 0 atom stereocenters. The molecular formula is C21H22FNO4S. The number of rotatable bonds is 8. The van der Waals surface area contributed by atoms with E-state index in [-0.39, 0.29) is 29.3 Å². The van der Waals surface area contributed by atoms with E-state index in [2.05, 4.69) is 10.6 Å². The van der Waals surface area contributed by atoms with Crippen LogP contribution in [-0.2, 0) is 19.8 Å². The van der Waals surface area contributed by atoms with Gasteiger partial charge in [0.05, 0.1) is 19.8 Å². The molecule has 28 heavy (non-hydrogen) atoms. The molecule has 3 aromatic rings. The second kappa shape index (κ2) is 8.68. The van der Waals surface area contributed by atoms with E-state index in [9.17, 15) is 19.4 Å². The molecule has 1 aromatic carbocycles. The molecule has 0 fully saturated rings. The minimum atomic E-state index is -0.580. The van der Waals surface area contributed by atoms with Crippen LogP contribution in [0.5, 0.6) is 5.75 Å². The van der Waals surface area contributed by atoms with Crippen molar-refractivity contribution in [2.24, 2.45) is 0 Å². The van der Waals surface area contributed by atoms with Gasteiger partial charge in [0.15, 0.2) is 6.61 Å². The number of carbonyl (C=O) groups excluding carboxylic acids is 1. The van der Waals surface area contributed by atoms with Crippen LogP contribution >= 0.6 is 11.3 Å². The maximum Gasteiger partial charge on any atom is 0.202 e. The topological polar surface area (TPSA) is 71.7 Å². The summed E-state index contributed by atoms with van der Waals surface area (Å²) >= 11 is 1.66. The summed E-state index contributed by atoms with van der Waals surface area (Å²) in [6.45, 7) is 3.36. The number of aryl methyl sites for hydroxylation is 1. The highest BCUT2D eigenvalue weighted by Gasteiger charge is 2.19. The van der Waals surface area contributed by atoms with Crippen molar-refractivity contribution in [2.45, 2.75) is 33.6 Å². The zero-order chi connectivity index (χ0) is 20.3. The molecule has 0 saturated carbocycles. The quantitative estimate of drug-likeness (QED) is 0.564. The van der Waals surface area contributed by atoms with E-state index < -0.39 is 19.0 Å². The Hall–Kier alpha value is -2.48. The number of ether oxygens (including phenoxy) is 1.